The Kier molecular flexibility index (Phi) is 7.69. The van der Waals surface area contributed by atoms with Crippen LogP contribution in [0.3, 0.4) is 0 Å². The number of nitrogens with one attached hydrogen (secondary N) is 2. The average Bonchev–Trinajstić information content (AvgIpc) is 3.13. The molecule has 0 saturated heterocycles. The van der Waals surface area contributed by atoms with Crippen molar-refractivity contribution in [3.05, 3.63) is 59.7 Å². The summed E-state index contributed by atoms with van der Waals surface area (Å²) in [6.07, 6.45) is -6.49. The predicted octanol–water partition coefficient (Wildman–Crippen LogP) is 3.45. The molecule has 0 radical (unpaired) electrons. The Morgan fingerprint density at radius 1 is 1.03 bits per heavy atom. The van der Waals surface area contributed by atoms with Crippen LogP contribution in [0.25, 0.3) is 11.1 Å². The Bertz CT molecular complexity index is 1060. The summed E-state index contributed by atoms with van der Waals surface area (Å²) in [4.78, 5) is 36.5. The van der Waals surface area contributed by atoms with Crippen molar-refractivity contribution in [2.45, 2.75) is 37.0 Å². The maximum absolute atomic E-state index is 13.1. The van der Waals surface area contributed by atoms with Crippen molar-refractivity contribution >= 4 is 18.0 Å². The van der Waals surface area contributed by atoms with E-state index in [-0.39, 0.29) is 18.9 Å². The lowest BCUT2D eigenvalue weighted by Crippen LogP contribution is -2.65. The molecule has 0 saturated carbocycles. The van der Waals surface area contributed by atoms with Gasteiger partial charge in [0.15, 0.2) is 0 Å². The molecule has 0 aliphatic heterocycles. The molecule has 2 unspecified atom stereocenters. The largest absolute Gasteiger partial charge is 0.479 e. The fraction of sp³-hybridized carbons (Fsp3) is 0.375. The number of hydrogen-bond acceptors (Lipinski definition) is 5. The maximum Gasteiger partial charge on any atom is 0.419 e. The molecule has 0 aromatic heterocycles. The Hall–Kier alpha value is -3.60. The van der Waals surface area contributed by atoms with Crippen LogP contribution in [0.5, 0.6) is 0 Å². The van der Waals surface area contributed by atoms with Crippen LogP contribution in [-0.4, -0.2) is 61.2 Å². The summed E-state index contributed by atoms with van der Waals surface area (Å²) < 4.78 is 49.6. The standard InChI is InChI=1S/C24H25F3N2O6/c1-3-23(13-34-2,21(32)28-19(20(30)31)24(25,26)27)29-22(33)35-12-18-16-10-6-4-8-14(16)15-9-5-7-11-17(15)18/h4-11,18-19H,3,12-13H2,1-2H3,(H,28,32)(H,29,33)(H,30,31). The molecule has 1 aliphatic rings. The summed E-state index contributed by atoms with van der Waals surface area (Å²) in [5.74, 6) is -3.92. The number of methoxy groups -OCH3 is 1. The molecule has 0 bridgehead atoms. The second kappa shape index (κ2) is 10.3. The number of aliphatic carboxylic acids is 1. The van der Waals surface area contributed by atoms with Crippen LogP contribution in [0.4, 0.5) is 18.0 Å². The summed E-state index contributed by atoms with van der Waals surface area (Å²) in [6.45, 7) is 0.837. The molecule has 3 N–H and O–H groups in total. The van der Waals surface area contributed by atoms with E-state index in [4.69, 9.17) is 14.6 Å². The van der Waals surface area contributed by atoms with Gasteiger partial charge in [0.1, 0.15) is 12.1 Å². The van der Waals surface area contributed by atoms with E-state index in [1.165, 1.54) is 19.4 Å². The number of amides is 2. The second-order valence-electron chi connectivity index (χ2n) is 8.11. The van der Waals surface area contributed by atoms with Crippen LogP contribution < -0.4 is 10.6 Å². The minimum atomic E-state index is -5.24. The van der Waals surface area contributed by atoms with Gasteiger partial charge in [0.25, 0.3) is 0 Å². The molecule has 2 amide bonds. The monoisotopic (exact) mass is 494 g/mol. The van der Waals surface area contributed by atoms with Gasteiger partial charge in [-0.15, -0.1) is 0 Å². The Morgan fingerprint density at radius 3 is 2.03 bits per heavy atom. The molecule has 0 spiro atoms. The number of carbonyl (C=O) groups excluding carboxylic acids is 2. The van der Waals surface area contributed by atoms with Crippen LogP contribution in [0.2, 0.25) is 0 Å². The minimum Gasteiger partial charge on any atom is -0.479 e. The van der Waals surface area contributed by atoms with Crippen molar-refractivity contribution < 1.29 is 42.1 Å². The van der Waals surface area contributed by atoms with E-state index in [1.54, 1.807) is 0 Å². The van der Waals surface area contributed by atoms with Gasteiger partial charge >= 0.3 is 18.2 Å². The third-order valence-corrected chi connectivity index (χ3v) is 5.96. The zero-order valence-corrected chi connectivity index (χ0v) is 19.0. The fourth-order valence-corrected chi connectivity index (χ4v) is 4.14. The van der Waals surface area contributed by atoms with Gasteiger partial charge in [-0.2, -0.15) is 13.2 Å². The van der Waals surface area contributed by atoms with Crippen LogP contribution in [0.1, 0.15) is 30.4 Å². The van der Waals surface area contributed by atoms with Gasteiger partial charge in [-0.25, -0.2) is 9.59 Å². The third-order valence-electron chi connectivity index (χ3n) is 5.96. The lowest BCUT2D eigenvalue weighted by Gasteiger charge is -2.32. The number of ether oxygens (including phenoxy) is 2. The third kappa shape index (κ3) is 5.40. The Labute approximate surface area is 199 Å². The molecular formula is C24H25F3N2O6. The molecule has 35 heavy (non-hydrogen) atoms. The van der Waals surface area contributed by atoms with Crippen molar-refractivity contribution in [2.24, 2.45) is 0 Å². The van der Waals surface area contributed by atoms with Gasteiger partial charge in [-0.3, -0.25) is 4.79 Å². The fourth-order valence-electron chi connectivity index (χ4n) is 4.14. The smallest absolute Gasteiger partial charge is 0.419 e. The number of rotatable bonds is 9. The molecule has 0 heterocycles. The molecule has 8 nitrogen and oxygen atoms in total. The van der Waals surface area contributed by atoms with E-state index in [1.807, 2.05) is 48.5 Å². The minimum absolute atomic E-state index is 0.0887. The number of alkyl carbamates (subject to hydrolysis) is 1. The van der Waals surface area contributed by atoms with E-state index in [0.717, 1.165) is 22.3 Å². The lowest BCUT2D eigenvalue weighted by atomic mass is 9.95. The van der Waals surface area contributed by atoms with E-state index in [2.05, 4.69) is 5.32 Å². The summed E-state index contributed by atoms with van der Waals surface area (Å²) in [5, 5.41) is 12.6. The van der Waals surface area contributed by atoms with Gasteiger partial charge in [-0.1, -0.05) is 55.5 Å². The molecule has 2 aromatic rings. The molecule has 0 fully saturated rings. The molecule has 11 heteroatoms. The summed E-state index contributed by atoms with van der Waals surface area (Å²) >= 11 is 0. The number of alkyl halides is 3. The van der Waals surface area contributed by atoms with E-state index < -0.39 is 42.3 Å². The SMILES string of the molecule is CCC(COC)(NC(=O)OCC1c2ccccc2-c2ccccc21)C(=O)NC(C(=O)O)C(F)(F)F. The van der Waals surface area contributed by atoms with Gasteiger partial charge in [0.05, 0.1) is 6.61 Å². The van der Waals surface area contributed by atoms with E-state index in [0.29, 0.717) is 0 Å². The first-order valence-corrected chi connectivity index (χ1v) is 10.8. The van der Waals surface area contributed by atoms with Crippen molar-refractivity contribution in [2.75, 3.05) is 20.3 Å². The molecule has 3 rings (SSSR count). The van der Waals surface area contributed by atoms with Crippen molar-refractivity contribution in [1.29, 1.82) is 0 Å². The van der Waals surface area contributed by atoms with Gasteiger partial charge in [0, 0.05) is 13.0 Å². The number of fused-ring (bicyclic) bond motifs is 3. The molecule has 188 valence electrons. The van der Waals surface area contributed by atoms with Crippen LogP contribution in [0.15, 0.2) is 48.5 Å². The molecule has 2 aromatic carbocycles. The van der Waals surface area contributed by atoms with Gasteiger partial charge < -0.3 is 25.2 Å². The lowest BCUT2D eigenvalue weighted by molar-refractivity contribution is -0.183. The van der Waals surface area contributed by atoms with Gasteiger partial charge in [0.2, 0.25) is 11.9 Å². The number of halogens is 3. The second-order valence-corrected chi connectivity index (χ2v) is 8.11. The topological polar surface area (TPSA) is 114 Å². The quantitative estimate of drug-likeness (QED) is 0.492. The Morgan fingerprint density at radius 2 is 1.57 bits per heavy atom. The van der Waals surface area contributed by atoms with Crippen molar-refractivity contribution in [1.82, 2.24) is 10.6 Å². The highest BCUT2D eigenvalue weighted by molar-refractivity contribution is 5.93. The number of benzene rings is 2. The van der Waals surface area contributed by atoms with Gasteiger partial charge in [-0.05, 0) is 28.7 Å². The molecule has 1 aliphatic carbocycles. The maximum atomic E-state index is 13.1. The van der Waals surface area contributed by atoms with Crippen LogP contribution >= 0.6 is 0 Å². The van der Waals surface area contributed by atoms with Crippen molar-refractivity contribution in [3.8, 4) is 11.1 Å². The van der Waals surface area contributed by atoms with Crippen LogP contribution in [0, 0.1) is 0 Å². The highest BCUT2D eigenvalue weighted by Gasteiger charge is 2.50. The normalized spacial score (nSPS) is 15.3. The number of hydrogen-bond donors (Lipinski definition) is 3. The number of carboxylic acids is 1. The summed E-state index contributed by atoms with van der Waals surface area (Å²) in [7, 11) is 1.19. The number of carbonyl (C=O) groups is 3. The van der Waals surface area contributed by atoms with E-state index in [9.17, 15) is 27.6 Å². The first-order valence-electron chi connectivity index (χ1n) is 10.8. The van der Waals surface area contributed by atoms with Crippen molar-refractivity contribution in [3.63, 3.8) is 0 Å². The first kappa shape index (κ1) is 26.0. The van der Waals surface area contributed by atoms with Crippen LogP contribution in [-0.2, 0) is 19.1 Å². The van der Waals surface area contributed by atoms with E-state index >= 15 is 0 Å². The predicted molar refractivity (Wildman–Crippen MR) is 119 cm³/mol. The molecule has 2 atom stereocenters. The zero-order chi connectivity index (χ0) is 25.8. The Balaban J connectivity index is 1.76. The molecular weight excluding hydrogens is 469 g/mol. The first-order chi connectivity index (χ1) is 16.5. The number of carboxylic acid groups (broad SMARTS) is 1. The zero-order valence-electron chi connectivity index (χ0n) is 19.0. The highest BCUT2D eigenvalue weighted by atomic mass is 19.4. The summed E-state index contributed by atoms with van der Waals surface area (Å²) in [5.41, 5.74) is 1.92. The summed E-state index contributed by atoms with van der Waals surface area (Å²) in [6, 6.07) is 12.1. The average molecular weight is 494 g/mol. The highest BCUT2D eigenvalue weighted by Crippen LogP contribution is 2.44.